The van der Waals surface area contributed by atoms with Gasteiger partial charge < -0.3 is 5.32 Å². The highest BCUT2D eigenvalue weighted by Gasteiger charge is 1.98. The minimum Gasteiger partial charge on any atom is -0.371 e. The Bertz CT molecular complexity index is 360. The summed E-state index contributed by atoms with van der Waals surface area (Å²) in [6.45, 7) is 2.75. The molecule has 0 aliphatic heterocycles. The summed E-state index contributed by atoms with van der Waals surface area (Å²) in [6, 6.07) is 1.37. The van der Waals surface area contributed by atoms with Crippen LogP contribution in [0.5, 0.6) is 0 Å². The zero-order valence-electron chi connectivity index (χ0n) is 7.76. The molecule has 1 aromatic heterocycles. The molecular weight excluding hydrogens is 170 g/mol. The van der Waals surface area contributed by atoms with Crippen LogP contribution in [0.4, 0.5) is 5.82 Å². The van der Waals surface area contributed by atoms with Gasteiger partial charge in [-0.05, 0) is 6.42 Å². The Morgan fingerprint density at radius 1 is 1.54 bits per heavy atom. The molecule has 2 N–H and O–H groups in total. The van der Waals surface area contributed by atoms with Gasteiger partial charge in [0, 0.05) is 19.7 Å². The second-order valence-corrected chi connectivity index (χ2v) is 2.81. The van der Waals surface area contributed by atoms with Crippen molar-refractivity contribution in [2.75, 3.05) is 11.9 Å². The van der Waals surface area contributed by atoms with Crippen LogP contribution in [0.3, 0.4) is 0 Å². The second-order valence-electron chi connectivity index (χ2n) is 2.81. The van der Waals surface area contributed by atoms with E-state index in [-0.39, 0.29) is 5.56 Å². The van der Waals surface area contributed by atoms with Gasteiger partial charge in [-0.1, -0.05) is 6.92 Å². The van der Waals surface area contributed by atoms with Crippen LogP contribution < -0.4 is 16.6 Å². The van der Waals surface area contributed by atoms with E-state index in [2.05, 4.69) is 10.3 Å². The molecule has 1 rings (SSSR count). The molecule has 0 unspecified atom stereocenters. The smallest absolute Gasteiger partial charge is 0.329 e. The first-order valence-corrected chi connectivity index (χ1v) is 4.19. The monoisotopic (exact) mass is 183 g/mol. The molecule has 0 aliphatic rings. The number of nitrogens with zero attached hydrogens (tertiary/aromatic N) is 1. The predicted molar refractivity (Wildman–Crippen MR) is 51.1 cm³/mol. The third-order valence-corrected chi connectivity index (χ3v) is 1.71. The molecule has 0 amide bonds. The Hall–Kier alpha value is -1.52. The largest absolute Gasteiger partial charge is 0.371 e. The van der Waals surface area contributed by atoms with Crippen LogP contribution in [0.2, 0.25) is 0 Å². The maximum atomic E-state index is 11.1. The van der Waals surface area contributed by atoms with Gasteiger partial charge in [0.1, 0.15) is 5.82 Å². The fourth-order valence-electron chi connectivity index (χ4n) is 0.910. The van der Waals surface area contributed by atoms with Gasteiger partial charge in [0.15, 0.2) is 0 Å². The maximum absolute atomic E-state index is 11.1. The van der Waals surface area contributed by atoms with Crippen LogP contribution in [0, 0.1) is 0 Å². The van der Waals surface area contributed by atoms with E-state index in [9.17, 15) is 9.59 Å². The number of H-pyrrole nitrogens is 1. The molecule has 0 atom stereocenters. The van der Waals surface area contributed by atoms with E-state index in [0.29, 0.717) is 5.82 Å². The summed E-state index contributed by atoms with van der Waals surface area (Å²) < 4.78 is 1.02. The van der Waals surface area contributed by atoms with Crippen molar-refractivity contribution in [3.63, 3.8) is 0 Å². The molecular formula is C8H13N3O2. The van der Waals surface area contributed by atoms with E-state index in [4.69, 9.17) is 0 Å². The van der Waals surface area contributed by atoms with Crippen LogP contribution in [0.15, 0.2) is 15.7 Å². The molecule has 72 valence electrons. The lowest BCUT2D eigenvalue weighted by Crippen LogP contribution is -2.32. The van der Waals surface area contributed by atoms with E-state index in [1.165, 1.54) is 13.1 Å². The van der Waals surface area contributed by atoms with E-state index in [1.807, 2.05) is 6.92 Å². The summed E-state index contributed by atoms with van der Waals surface area (Å²) in [5.41, 5.74) is -0.701. The summed E-state index contributed by atoms with van der Waals surface area (Å²) in [7, 11) is 1.44. The van der Waals surface area contributed by atoms with E-state index >= 15 is 0 Å². The Morgan fingerprint density at radius 3 is 2.77 bits per heavy atom. The number of anilines is 1. The number of nitrogens with one attached hydrogen (secondary N) is 2. The van der Waals surface area contributed by atoms with Crippen molar-refractivity contribution in [3.05, 3.63) is 26.9 Å². The molecule has 0 aliphatic carbocycles. The highest BCUT2D eigenvalue weighted by Crippen LogP contribution is 1.92. The first-order valence-electron chi connectivity index (χ1n) is 4.19. The summed E-state index contributed by atoms with van der Waals surface area (Å²) in [5.74, 6) is 0.481. The topological polar surface area (TPSA) is 66.9 Å². The highest BCUT2D eigenvalue weighted by molar-refractivity contribution is 5.31. The van der Waals surface area contributed by atoms with E-state index in [1.54, 1.807) is 0 Å². The van der Waals surface area contributed by atoms with Crippen molar-refractivity contribution in [1.29, 1.82) is 0 Å². The Balaban J connectivity index is 3.00. The average molecular weight is 183 g/mol. The molecule has 0 spiro atoms. The Kier molecular flexibility index (Phi) is 2.89. The van der Waals surface area contributed by atoms with Gasteiger partial charge in [0.2, 0.25) is 0 Å². The summed E-state index contributed by atoms with van der Waals surface area (Å²) in [4.78, 5) is 24.8. The van der Waals surface area contributed by atoms with Gasteiger partial charge in [-0.15, -0.1) is 0 Å². The summed E-state index contributed by atoms with van der Waals surface area (Å²) in [5, 5.41) is 2.93. The van der Waals surface area contributed by atoms with Gasteiger partial charge in [-0.3, -0.25) is 14.3 Å². The van der Waals surface area contributed by atoms with Gasteiger partial charge in [0.05, 0.1) is 0 Å². The van der Waals surface area contributed by atoms with Crippen LogP contribution >= 0.6 is 0 Å². The van der Waals surface area contributed by atoms with Crippen LogP contribution in [-0.2, 0) is 7.05 Å². The predicted octanol–water partition coefficient (Wildman–Crippen LogP) is -0.105. The SMILES string of the molecule is CCCNc1cc(=O)n(C)c(=O)[nH]1. The van der Waals surface area contributed by atoms with Gasteiger partial charge in [0.25, 0.3) is 5.56 Å². The molecule has 5 nitrogen and oxygen atoms in total. The van der Waals surface area contributed by atoms with Crippen LogP contribution in [0.1, 0.15) is 13.3 Å². The quantitative estimate of drug-likeness (QED) is 0.687. The average Bonchev–Trinajstić information content (AvgIpc) is 2.10. The third kappa shape index (κ3) is 2.21. The fraction of sp³-hybridized carbons (Fsp3) is 0.500. The second kappa shape index (κ2) is 3.93. The number of aromatic nitrogens is 2. The first-order chi connectivity index (χ1) is 6.15. The highest BCUT2D eigenvalue weighted by atomic mass is 16.2. The molecule has 0 bridgehead atoms. The van der Waals surface area contributed by atoms with Gasteiger partial charge >= 0.3 is 5.69 Å². The van der Waals surface area contributed by atoms with Crippen molar-refractivity contribution in [1.82, 2.24) is 9.55 Å². The number of hydrogen-bond donors (Lipinski definition) is 2. The fourth-order valence-corrected chi connectivity index (χ4v) is 0.910. The van der Waals surface area contributed by atoms with Crippen LogP contribution in [0.25, 0.3) is 0 Å². The van der Waals surface area contributed by atoms with E-state index in [0.717, 1.165) is 17.5 Å². The molecule has 0 fully saturated rings. The van der Waals surface area contributed by atoms with E-state index < -0.39 is 5.69 Å². The third-order valence-electron chi connectivity index (χ3n) is 1.71. The van der Waals surface area contributed by atoms with Crippen LogP contribution in [-0.4, -0.2) is 16.1 Å². The van der Waals surface area contributed by atoms with Crippen molar-refractivity contribution in [2.45, 2.75) is 13.3 Å². The first kappa shape index (κ1) is 9.57. The zero-order valence-corrected chi connectivity index (χ0v) is 7.76. The lowest BCUT2D eigenvalue weighted by molar-refractivity contribution is 0.775. The van der Waals surface area contributed by atoms with Crippen molar-refractivity contribution >= 4 is 5.82 Å². The molecule has 0 aromatic carbocycles. The van der Waals surface area contributed by atoms with Crippen molar-refractivity contribution in [3.8, 4) is 0 Å². The lowest BCUT2D eigenvalue weighted by Gasteiger charge is -2.03. The number of hydrogen-bond acceptors (Lipinski definition) is 3. The molecule has 0 saturated carbocycles. The lowest BCUT2D eigenvalue weighted by atomic mass is 10.4. The maximum Gasteiger partial charge on any atom is 0.329 e. The Labute approximate surface area is 75.4 Å². The van der Waals surface area contributed by atoms with Crippen molar-refractivity contribution < 1.29 is 0 Å². The molecule has 5 heteroatoms. The minimum atomic E-state index is -0.397. The molecule has 0 radical (unpaired) electrons. The molecule has 13 heavy (non-hydrogen) atoms. The Morgan fingerprint density at radius 2 is 2.23 bits per heavy atom. The number of rotatable bonds is 3. The summed E-state index contributed by atoms with van der Waals surface area (Å²) >= 11 is 0. The standard InChI is InChI=1S/C8H13N3O2/c1-3-4-9-6-5-7(12)11(2)8(13)10-6/h5,9H,3-4H2,1-2H3,(H,10,13). The minimum absolute atomic E-state index is 0.303. The van der Waals surface area contributed by atoms with Gasteiger partial charge in [-0.2, -0.15) is 0 Å². The van der Waals surface area contributed by atoms with Gasteiger partial charge in [-0.25, -0.2) is 4.79 Å². The molecule has 0 saturated heterocycles. The summed E-state index contributed by atoms with van der Waals surface area (Å²) in [6.07, 6.45) is 0.942. The zero-order chi connectivity index (χ0) is 9.84. The van der Waals surface area contributed by atoms with Crippen molar-refractivity contribution in [2.24, 2.45) is 7.05 Å². The number of aromatic amines is 1. The normalized spacial score (nSPS) is 10.0. The molecule has 1 heterocycles. The molecule has 1 aromatic rings.